The van der Waals surface area contributed by atoms with Gasteiger partial charge in [0.2, 0.25) is 0 Å². The third-order valence-corrected chi connectivity index (χ3v) is 5.93. The maximum absolute atomic E-state index is 11.5. The monoisotopic (exact) mass is 383 g/mol. The second-order valence-corrected chi connectivity index (χ2v) is 7.64. The molecule has 0 unspecified atom stereocenters. The minimum absolute atomic E-state index is 0.00666. The van der Waals surface area contributed by atoms with Crippen LogP contribution in [0.3, 0.4) is 0 Å². The van der Waals surface area contributed by atoms with Crippen LogP contribution in [-0.2, 0) is 6.42 Å². The number of nitrogens with zero attached hydrogens (tertiary/aromatic N) is 2. The maximum atomic E-state index is 11.5. The molecule has 2 aliphatic heterocycles. The Kier molecular flexibility index (Phi) is 4.85. The highest BCUT2D eigenvalue weighted by Crippen LogP contribution is 2.44. The van der Waals surface area contributed by atoms with Crippen LogP contribution in [0.5, 0.6) is 11.5 Å². The van der Waals surface area contributed by atoms with Gasteiger partial charge in [0.15, 0.2) is 11.5 Å². The van der Waals surface area contributed by atoms with Crippen LogP contribution in [0.4, 0.5) is 4.79 Å². The molecule has 7 nitrogen and oxygen atoms in total. The minimum Gasteiger partial charge on any atom is -0.504 e. The summed E-state index contributed by atoms with van der Waals surface area (Å²) < 4.78 is 5.30. The molecule has 0 bridgehead atoms. The lowest BCUT2D eigenvalue weighted by Crippen LogP contribution is -2.52. The number of amides is 1. The van der Waals surface area contributed by atoms with Crippen molar-refractivity contribution in [2.45, 2.75) is 37.8 Å². The number of hydrogen-bond donors (Lipinski definition) is 3. The third kappa shape index (κ3) is 3.38. The van der Waals surface area contributed by atoms with Crippen molar-refractivity contribution in [2.24, 2.45) is 0 Å². The van der Waals surface area contributed by atoms with E-state index in [9.17, 15) is 15.0 Å². The molecule has 1 amide bonds. The van der Waals surface area contributed by atoms with Gasteiger partial charge < -0.3 is 20.3 Å². The largest absolute Gasteiger partial charge is 0.504 e. The number of methoxy groups -OCH3 is 1. The molecule has 2 aliphatic rings. The number of carbonyl (C=O) groups is 1. The van der Waals surface area contributed by atoms with Gasteiger partial charge in [-0.05, 0) is 60.7 Å². The molecular weight excluding hydrogens is 358 g/mol. The summed E-state index contributed by atoms with van der Waals surface area (Å²) in [6.45, 7) is 3.62. The second-order valence-electron chi connectivity index (χ2n) is 7.64. The summed E-state index contributed by atoms with van der Waals surface area (Å²) in [5.41, 5.74) is 4.24. The van der Waals surface area contributed by atoms with Crippen molar-refractivity contribution in [1.82, 2.24) is 15.2 Å². The number of rotatable bonds is 3. The van der Waals surface area contributed by atoms with Crippen LogP contribution < -0.4 is 10.1 Å². The molecule has 1 saturated heterocycles. The smallest absolute Gasteiger partial charge is 0.404 e. The lowest BCUT2D eigenvalue weighted by Gasteiger charge is -2.47. The molecule has 1 aromatic carbocycles. The molecular formula is C21H25N3O4. The van der Waals surface area contributed by atoms with E-state index in [0.717, 1.165) is 41.9 Å². The van der Waals surface area contributed by atoms with Crippen LogP contribution in [0.15, 0.2) is 30.5 Å². The molecule has 148 valence electrons. The Morgan fingerprint density at radius 2 is 2.18 bits per heavy atom. The molecule has 3 heterocycles. The van der Waals surface area contributed by atoms with E-state index in [2.05, 4.69) is 15.2 Å². The van der Waals surface area contributed by atoms with Crippen molar-refractivity contribution in [3.63, 3.8) is 0 Å². The lowest BCUT2D eigenvalue weighted by atomic mass is 9.79. The first-order valence-corrected chi connectivity index (χ1v) is 9.52. The standard InChI is InChI=1S/C21H25N3O4/c1-12-3-5-22-16(7-12)15-11-24-6-4-13-8-19(25)20(28-2)9-14(13)18(24)10-17(15)23-21(26)27/h3,5,7-9,15,17-18,23,25H,4,6,10-11H2,1-2H3,(H,26,27)/t15-,17+,18+/m0/s1. The quantitative estimate of drug-likeness (QED) is 0.754. The summed E-state index contributed by atoms with van der Waals surface area (Å²) in [6.07, 6.45) is 2.26. The van der Waals surface area contributed by atoms with Crippen molar-refractivity contribution >= 4 is 6.09 Å². The molecule has 0 saturated carbocycles. The highest BCUT2D eigenvalue weighted by atomic mass is 16.5. The Hall–Kier alpha value is -2.80. The van der Waals surface area contributed by atoms with Gasteiger partial charge in [-0.2, -0.15) is 0 Å². The van der Waals surface area contributed by atoms with Gasteiger partial charge in [-0.15, -0.1) is 0 Å². The Morgan fingerprint density at radius 3 is 2.89 bits per heavy atom. The average Bonchev–Trinajstić information content (AvgIpc) is 2.66. The molecule has 3 atom stereocenters. The van der Waals surface area contributed by atoms with Crippen molar-refractivity contribution in [1.29, 1.82) is 0 Å². The Morgan fingerprint density at radius 1 is 1.36 bits per heavy atom. The van der Waals surface area contributed by atoms with Crippen LogP contribution in [0.2, 0.25) is 0 Å². The molecule has 0 spiro atoms. The summed E-state index contributed by atoms with van der Waals surface area (Å²) in [7, 11) is 1.54. The van der Waals surface area contributed by atoms with Gasteiger partial charge in [0.1, 0.15) is 0 Å². The van der Waals surface area contributed by atoms with E-state index in [-0.39, 0.29) is 23.8 Å². The van der Waals surface area contributed by atoms with E-state index in [4.69, 9.17) is 4.74 Å². The van der Waals surface area contributed by atoms with Gasteiger partial charge in [-0.25, -0.2) is 4.79 Å². The molecule has 1 fully saturated rings. The first kappa shape index (κ1) is 18.6. The van der Waals surface area contributed by atoms with Gasteiger partial charge in [0.05, 0.1) is 7.11 Å². The topological polar surface area (TPSA) is 94.9 Å². The van der Waals surface area contributed by atoms with Crippen LogP contribution in [0.1, 0.15) is 40.8 Å². The number of fused-ring (bicyclic) bond motifs is 3. The predicted octanol–water partition coefficient (Wildman–Crippen LogP) is 2.83. The van der Waals surface area contributed by atoms with Gasteiger partial charge in [0, 0.05) is 43.0 Å². The van der Waals surface area contributed by atoms with Crippen LogP contribution >= 0.6 is 0 Å². The summed E-state index contributed by atoms with van der Waals surface area (Å²) in [6, 6.07) is 7.50. The van der Waals surface area contributed by atoms with Crippen molar-refractivity contribution < 1.29 is 19.7 Å². The SMILES string of the molecule is COc1cc2c(cc1O)CCN1C[C@@H](c3cc(C)ccn3)[C@H](NC(=O)O)C[C@H]21. The lowest BCUT2D eigenvalue weighted by molar-refractivity contribution is 0.0943. The first-order valence-electron chi connectivity index (χ1n) is 9.52. The molecule has 2 aromatic rings. The number of carboxylic acid groups (broad SMARTS) is 1. The summed E-state index contributed by atoms with van der Waals surface area (Å²) in [5.74, 6) is 0.589. The molecule has 4 rings (SSSR count). The molecule has 3 N–H and O–H groups in total. The van der Waals surface area contributed by atoms with Gasteiger partial charge in [-0.3, -0.25) is 9.88 Å². The molecule has 1 aromatic heterocycles. The first-order chi connectivity index (χ1) is 13.5. The number of phenolic OH excluding ortho intramolecular Hbond substituents is 1. The fourth-order valence-corrected chi connectivity index (χ4v) is 4.59. The molecule has 7 heteroatoms. The van der Waals surface area contributed by atoms with Crippen LogP contribution in [0, 0.1) is 6.92 Å². The number of pyridine rings is 1. The van der Waals surface area contributed by atoms with E-state index in [0.29, 0.717) is 12.2 Å². The second kappa shape index (κ2) is 7.31. The average molecular weight is 383 g/mol. The van der Waals surface area contributed by atoms with Gasteiger partial charge >= 0.3 is 6.09 Å². The Balaban J connectivity index is 1.70. The summed E-state index contributed by atoms with van der Waals surface area (Å²) >= 11 is 0. The van der Waals surface area contributed by atoms with Crippen molar-refractivity contribution in [2.75, 3.05) is 20.2 Å². The van der Waals surface area contributed by atoms with E-state index in [1.807, 2.05) is 25.1 Å². The zero-order valence-electron chi connectivity index (χ0n) is 16.1. The van der Waals surface area contributed by atoms with Gasteiger partial charge in [0.25, 0.3) is 0 Å². The number of aryl methyl sites for hydroxylation is 1. The minimum atomic E-state index is -1.02. The summed E-state index contributed by atoms with van der Waals surface area (Å²) in [4.78, 5) is 18.4. The number of piperidine rings is 1. The fourth-order valence-electron chi connectivity index (χ4n) is 4.59. The zero-order chi connectivity index (χ0) is 19.8. The number of hydrogen-bond acceptors (Lipinski definition) is 5. The van der Waals surface area contributed by atoms with E-state index >= 15 is 0 Å². The highest BCUT2D eigenvalue weighted by molar-refractivity contribution is 5.65. The van der Waals surface area contributed by atoms with Crippen LogP contribution in [-0.4, -0.2) is 52.4 Å². The normalized spacial score (nSPS) is 24.1. The summed E-state index contributed by atoms with van der Waals surface area (Å²) in [5, 5.41) is 22.2. The molecule has 0 aliphatic carbocycles. The Bertz CT molecular complexity index is 901. The van der Waals surface area contributed by atoms with Crippen LogP contribution in [0.25, 0.3) is 0 Å². The van der Waals surface area contributed by atoms with Crippen molar-refractivity contribution in [3.05, 3.63) is 52.8 Å². The number of aromatic hydroxyl groups is 1. The number of benzene rings is 1. The third-order valence-electron chi connectivity index (χ3n) is 5.93. The number of nitrogens with one attached hydrogen (secondary N) is 1. The molecule has 0 radical (unpaired) electrons. The Labute approximate surface area is 164 Å². The van der Waals surface area contributed by atoms with E-state index < -0.39 is 6.09 Å². The number of phenols is 1. The highest BCUT2D eigenvalue weighted by Gasteiger charge is 2.41. The van der Waals surface area contributed by atoms with E-state index in [1.54, 1.807) is 12.3 Å². The number of aromatic nitrogens is 1. The maximum Gasteiger partial charge on any atom is 0.404 e. The van der Waals surface area contributed by atoms with Gasteiger partial charge in [-0.1, -0.05) is 0 Å². The van der Waals surface area contributed by atoms with Crippen molar-refractivity contribution in [3.8, 4) is 11.5 Å². The molecule has 28 heavy (non-hydrogen) atoms. The number of ether oxygens (including phenoxy) is 1. The van der Waals surface area contributed by atoms with E-state index in [1.165, 1.54) is 7.11 Å². The fraction of sp³-hybridized carbons (Fsp3) is 0.429. The predicted molar refractivity (Wildman–Crippen MR) is 104 cm³/mol. The zero-order valence-corrected chi connectivity index (χ0v) is 16.1.